The Morgan fingerprint density at radius 1 is 0.969 bits per heavy atom. The minimum Gasteiger partial charge on any atom is -0.493 e. The maximum Gasteiger partial charge on any atom is 0.203 e. The van der Waals surface area contributed by atoms with E-state index < -0.39 is 0 Å². The summed E-state index contributed by atoms with van der Waals surface area (Å²) in [7, 11) is 4.79. The highest BCUT2D eigenvalue weighted by molar-refractivity contribution is 5.84. The third-order valence-electron chi connectivity index (χ3n) is 5.57. The lowest BCUT2D eigenvalue weighted by Gasteiger charge is -2.19. The molecular formula is C27H31NO4. The third kappa shape index (κ3) is 5.61. The molecule has 0 bridgehead atoms. The number of hydrogen-bond donors (Lipinski definition) is 1. The molecular weight excluding hydrogens is 402 g/mol. The second kappa shape index (κ2) is 11.2. The minimum absolute atomic E-state index is 0.0306. The predicted molar refractivity (Wildman–Crippen MR) is 131 cm³/mol. The Bertz CT molecular complexity index is 997. The van der Waals surface area contributed by atoms with Gasteiger partial charge in [-0.3, -0.25) is 4.79 Å². The van der Waals surface area contributed by atoms with Gasteiger partial charge in [-0.1, -0.05) is 61.6 Å². The summed E-state index contributed by atoms with van der Waals surface area (Å²) in [5.41, 5.74) is 2.94. The Balaban J connectivity index is 1.69. The first-order valence-electron chi connectivity index (χ1n) is 10.8. The molecule has 5 nitrogen and oxygen atoms in total. The van der Waals surface area contributed by atoms with Gasteiger partial charge in [-0.15, -0.1) is 0 Å². The molecule has 2 aromatic rings. The average Bonchev–Trinajstić information content (AvgIpc) is 2.82. The van der Waals surface area contributed by atoms with Crippen molar-refractivity contribution in [2.24, 2.45) is 11.8 Å². The molecule has 5 heteroatoms. The first-order chi connectivity index (χ1) is 15.6. The first kappa shape index (κ1) is 23.2. The molecule has 2 unspecified atom stereocenters. The molecule has 0 aliphatic heterocycles. The van der Waals surface area contributed by atoms with Crippen LogP contribution in [-0.2, 0) is 4.79 Å². The Kier molecular flexibility index (Phi) is 8.14. The average molecular weight is 434 g/mol. The highest BCUT2D eigenvalue weighted by atomic mass is 16.5. The number of hydrogen-bond acceptors (Lipinski definition) is 5. The van der Waals surface area contributed by atoms with E-state index in [1.54, 1.807) is 21.3 Å². The molecule has 1 N–H and O–H groups in total. The van der Waals surface area contributed by atoms with E-state index in [-0.39, 0.29) is 17.6 Å². The molecule has 168 valence electrons. The molecule has 32 heavy (non-hydrogen) atoms. The van der Waals surface area contributed by atoms with E-state index in [1.165, 1.54) is 0 Å². The van der Waals surface area contributed by atoms with Crippen molar-refractivity contribution in [2.75, 3.05) is 33.2 Å². The standard InChI is InChI=1S/C27H31NO4/c1-19-9-5-7-11-22(19)24(29)15-16-28-23-12-8-6-10-21(23)14-13-20-17-25(30-2)27(32-4)26(18-20)31-3/h5-14,17-19,22,28H,15-16H2,1-4H3/b14-13-. The number of benzene rings is 2. The SMILES string of the molecule is COc1cc(/C=C\c2ccccc2NCCC(=O)C2C=CC=CC2C)cc(OC)c1OC. The van der Waals surface area contributed by atoms with Crippen LogP contribution in [0.2, 0.25) is 0 Å². The van der Waals surface area contributed by atoms with E-state index in [0.717, 1.165) is 16.8 Å². The second-order valence-corrected chi connectivity index (χ2v) is 7.68. The van der Waals surface area contributed by atoms with Crippen molar-refractivity contribution in [1.29, 1.82) is 0 Å². The topological polar surface area (TPSA) is 56.8 Å². The largest absolute Gasteiger partial charge is 0.493 e. The number of carbonyl (C=O) groups excluding carboxylic acids is 1. The summed E-state index contributed by atoms with van der Waals surface area (Å²) in [5, 5.41) is 3.41. The van der Waals surface area contributed by atoms with Gasteiger partial charge in [0.25, 0.3) is 0 Å². The molecule has 0 spiro atoms. The maximum absolute atomic E-state index is 12.6. The number of ether oxygens (including phenoxy) is 3. The van der Waals surface area contributed by atoms with Gasteiger partial charge in [0.15, 0.2) is 11.5 Å². The number of rotatable bonds is 10. The molecule has 3 rings (SSSR count). The van der Waals surface area contributed by atoms with Crippen LogP contribution >= 0.6 is 0 Å². The fourth-order valence-corrected chi connectivity index (χ4v) is 3.79. The zero-order chi connectivity index (χ0) is 22.9. The number of anilines is 1. The van der Waals surface area contributed by atoms with Crippen LogP contribution in [0.1, 0.15) is 24.5 Å². The van der Waals surface area contributed by atoms with Gasteiger partial charge >= 0.3 is 0 Å². The molecule has 0 heterocycles. The van der Waals surface area contributed by atoms with E-state index in [4.69, 9.17) is 14.2 Å². The number of carbonyl (C=O) groups is 1. The molecule has 0 aromatic heterocycles. The number of ketones is 1. The van der Waals surface area contributed by atoms with E-state index in [1.807, 2.05) is 66.8 Å². The van der Waals surface area contributed by atoms with Gasteiger partial charge in [0, 0.05) is 24.6 Å². The zero-order valence-electron chi connectivity index (χ0n) is 19.1. The quantitative estimate of drug-likeness (QED) is 0.492. The summed E-state index contributed by atoms with van der Waals surface area (Å²) in [5.74, 6) is 2.26. The highest BCUT2D eigenvalue weighted by Gasteiger charge is 2.21. The number of para-hydroxylation sites is 1. The fourth-order valence-electron chi connectivity index (χ4n) is 3.79. The zero-order valence-corrected chi connectivity index (χ0v) is 19.1. The molecule has 0 saturated heterocycles. The lowest BCUT2D eigenvalue weighted by Crippen LogP contribution is -2.22. The molecule has 0 saturated carbocycles. The summed E-state index contributed by atoms with van der Waals surface area (Å²) in [6.07, 6.45) is 12.6. The van der Waals surface area contributed by atoms with E-state index in [9.17, 15) is 4.79 Å². The summed E-state index contributed by atoms with van der Waals surface area (Å²) in [6, 6.07) is 11.8. The number of Topliss-reactive ketones (excluding diaryl/α,β-unsaturated/α-hetero) is 1. The van der Waals surface area contributed by atoms with Crippen molar-refractivity contribution >= 4 is 23.6 Å². The molecule has 0 radical (unpaired) electrons. The monoisotopic (exact) mass is 433 g/mol. The van der Waals surface area contributed by atoms with Gasteiger partial charge in [-0.05, 0) is 35.2 Å². The fraction of sp³-hybridized carbons (Fsp3) is 0.296. The predicted octanol–water partition coefficient (Wildman–Crippen LogP) is 5.63. The van der Waals surface area contributed by atoms with Crippen LogP contribution in [-0.4, -0.2) is 33.7 Å². The van der Waals surface area contributed by atoms with Crippen molar-refractivity contribution in [2.45, 2.75) is 13.3 Å². The normalized spacial score (nSPS) is 17.4. The molecule has 0 amide bonds. The van der Waals surface area contributed by atoms with Crippen molar-refractivity contribution in [3.05, 3.63) is 71.8 Å². The van der Waals surface area contributed by atoms with Crippen molar-refractivity contribution in [3.8, 4) is 17.2 Å². The van der Waals surface area contributed by atoms with Gasteiger partial charge in [-0.2, -0.15) is 0 Å². The van der Waals surface area contributed by atoms with Crippen molar-refractivity contribution in [1.82, 2.24) is 0 Å². The Morgan fingerprint density at radius 2 is 1.66 bits per heavy atom. The van der Waals surface area contributed by atoms with Crippen LogP contribution in [0.25, 0.3) is 12.2 Å². The summed E-state index contributed by atoms with van der Waals surface area (Å²) in [4.78, 5) is 12.6. The van der Waals surface area contributed by atoms with Gasteiger partial charge in [0.05, 0.1) is 21.3 Å². The smallest absolute Gasteiger partial charge is 0.203 e. The lowest BCUT2D eigenvalue weighted by atomic mass is 9.85. The van der Waals surface area contributed by atoms with Crippen molar-refractivity contribution < 1.29 is 19.0 Å². The number of allylic oxidation sites excluding steroid dienone is 4. The van der Waals surface area contributed by atoms with Crippen molar-refractivity contribution in [3.63, 3.8) is 0 Å². The summed E-state index contributed by atoms with van der Waals surface area (Å²) < 4.78 is 16.3. The molecule has 2 atom stereocenters. The number of methoxy groups -OCH3 is 3. The molecule has 0 fully saturated rings. The maximum atomic E-state index is 12.6. The Hall–Kier alpha value is -3.47. The van der Waals surface area contributed by atoms with Crippen LogP contribution in [0.4, 0.5) is 5.69 Å². The third-order valence-corrected chi connectivity index (χ3v) is 5.57. The van der Waals surface area contributed by atoms with Gasteiger partial charge in [-0.25, -0.2) is 0 Å². The first-order valence-corrected chi connectivity index (χ1v) is 10.8. The van der Waals surface area contributed by atoms with Crippen LogP contribution in [0, 0.1) is 11.8 Å². The summed E-state index contributed by atoms with van der Waals surface area (Å²) >= 11 is 0. The Labute approximate surface area is 190 Å². The molecule has 2 aromatic carbocycles. The summed E-state index contributed by atoms with van der Waals surface area (Å²) in [6.45, 7) is 2.67. The highest BCUT2D eigenvalue weighted by Crippen LogP contribution is 2.38. The molecule has 1 aliphatic rings. The van der Waals surface area contributed by atoms with E-state index in [0.29, 0.717) is 30.2 Å². The lowest BCUT2D eigenvalue weighted by molar-refractivity contribution is -0.122. The number of nitrogens with one attached hydrogen (secondary N) is 1. The molecule has 1 aliphatic carbocycles. The van der Waals surface area contributed by atoms with Gasteiger partial charge < -0.3 is 19.5 Å². The second-order valence-electron chi connectivity index (χ2n) is 7.68. The van der Waals surface area contributed by atoms with Crippen LogP contribution in [0.5, 0.6) is 17.2 Å². The van der Waals surface area contributed by atoms with Gasteiger partial charge in [0.1, 0.15) is 5.78 Å². The minimum atomic E-state index is -0.0306. The van der Waals surface area contributed by atoms with E-state index >= 15 is 0 Å². The van der Waals surface area contributed by atoms with E-state index in [2.05, 4.69) is 18.3 Å². The Morgan fingerprint density at radius 3 is 2.31 bits per heavy atom. The van der Waals surface area contributed by atoms with Crippen LogP contribution in [0.3, 0.4) is 0 Å². The van der Waals surface area contributed by atoms with Crippen LogP contribution in [0.15, 0.2) is 60.7 Å². The van der Waals surface area contributed by atoms with Crippen LogP contribution < -0.4 is 19.5 Å². The van der Waals surface area contributed by atoms with Gasteiger partial charge in [0.2, 0.25) is 5.75 Å².